The molecule has 3 heterocycles. The first-order chi connectivity index (χ1) is 14.2. The van der Waals surface area contributed by atoms with Crippen molar-refractivity contribution in [2.24, 2.45) is 0 Å². The quantitative estimate of drug-likeness (QED) is 0.588. The third-order valence-electron chi connectivity index (χ3n) is 4.87. The van der Waals surface area contributed by atoms with Gasteiger partial charge in [-0.15, -0.1) is 22.7 Å². The molecule has 1 aromatic carbocycles. The summed E-state index contributed by atoms with van der Waals surface area (Å²) in [4.78, 5) is 20.6. The zero-order valence-electron chi connectivity index (χ0n) is 15.8. The molecule has 5 nitrogen and oxygen atoms in total. The van der Waals surface area contributed by atoms with Gasteiger partial charge in [0.25, 0.3) is 0 Å². The van der Waals surface area contributed by atoms with E-state index in [1.54, 1.807) is 22.7 Å². The fraction of sp³-hybridized carbons (Fsp3) is 0.333. The standard InChI is InChI=1S/C21H22ClN3O2S2/c22-17-5-2-1-4-16(17)18(25-7-9-27-10-8-25)13-23-20(26)12-15-14-29-21(24-15)19-6-3-11-28-19/h1-6,11,14,18H,7-10,12-13H2,(H,23,26). The number of amides is 1. The second-order valence-corrected chi connectivity index (χ2v) is 9.00. The molecule has 1 aliphatic heterocycles. The van der Waals surface area contributed by atoms with Crippen molar-refractivity contribution in [2.75, 3.05) is 32.8 Å². The van der Waals surface area contributed by atoms with Gasteiger partial charge in [-0.25, -0.2) is 4.98 Å². The molecular formula is C21H22ClN3O2S2. The average molecular weight is 448 g/mol. The van der Waals surface area contributed by atoms with Crippen molar-refractivity contribution < 1.29 is 9.53 Å². The molecule has 1 atom stereocenters. The molecule has 1 unspecified atom stereocenters. The van der Waals surface area contributed by atoms with Crippen LogP contribution in [0.3, 0.4) is 0 Å². The molecule has 8 heteroatoms. The minimum Gasteiger partial charge on any atom is -0.379 e. The number of ether oxygens (including phenoxy) is 1. The maximum absolute atomic E-state index is 12.6. The summed E-state index contributed by atoms with van der Waals surface area (Å²) < 4.78 is 5.49. The van der Waals surface area contributed by atoms with Crippen LogP contribution >= 0.6 is 34.3 Å². The molecule has 29 heavy (non-hydrogen) atoms. The van der Waals surface area contributed by atoms with Gasteiger partial charge in [-0.3, -0.25) is 9.69 Å². The Balaban J connectivity index is 1.40. The van der Waals surface area contributed by atoms with Crippen LogP contribution in [0.4, 0.5) is 0 Å². The number of benzene rings is 1. The zero-order valence-corrected chi connectivity index (χ0v) is 18.2. The fourth-order valence-electron chi connectivity index (χ4n) is 3.41. The van der Waals surface area contributed by atoms with E-state index in [-0.39, 0.29) is 18.4 Å². The Kier molecular flexibility index (Phi) is 6.94. The third-order valence-corrected chi connectivity index (χ3v) is 7.14. The van der Waals surface area contributed by atoms with Crippen LogP contribution in [0.15, 0.2) is 47.2 Å². The zero-order chi connectivity index (χ0) is 20.1. The first-order valence-corrected chi connectivity index (χ1v) is 11.7. The molecule has 3 aromatic rings. The van der Waals surface area contributed by atoms with Crippen molar-refractivity contribution >= 4 is 40.2 Å². The molecular weight excluding hydrogens is 426 g/mol. The summed E-state index contributed by atoms with van der Waals surface area (Å²) in [5.74, 6) is -0.0293. The van der Waals surface area contributed by atoms with E-state index in [2.05, 4.69) is 15.2 Å². The van der Waals surface area contributed by atoms with Gasteiger partial charge in [-0.2, -0.15) is 0 Å². The van der Waals surface area contributed by atoms with Crippen LogP contribution < -0.4 is 5.32 Å². The van der Waals surface area contributed by atoms with Crippen LogP contribution in [0.2, 0.25) is 5.02 Å². The molecule has 0 spiro atoms. The number of carbonyl (C=O) groups is 1. The molecule has 1 saturated heterocycles. The second-order valence-electron chi connectivity index (χ2n) is 6.79. The molecule has 1 fully saturated rings. The number of rotatable bonds is 7. The lowest BCUT2D eigenvalue weighted by molar-refractivity contribution is -0.120. The van der Waals surface area contributed by atoms with Crippen LogP contribution in [-0.4, -0.2) is 48.6 Å². The van der Waals surface area contributed by atoms with Crippen LogP contribution in [0.1, 0.15) is 17.3 Å². The van der Waals surface area contributed by atoms with Crippen LogP contribution in [0.5, 0.6) is 0 Å². The lowest BCUT2D eigenvalue weighted by atomic mass is 10.0. The minimum absolute atomic E-state index is 0.0219. The monoisotopic (exact) mass is 447 g/mol. The van der Waals surface area contributed by atoms with Crippen molar-refractivity contribution in [3.05, 3.63) is 63.4 Å². The SMILES string of the molecule is O=C(Cc1csc(-c2cccs2)n1)NCC(c1ccccc1Cl)N1CCOCC1. The highest BCUT2D eigenvalue weighted by Crippen LogP contribution is 2.29. The topological polar surface area (TPSA) is 54.5 Å². The molecule has 1 amide bonds. The highest BCUT2D eigenvalue weighted by molar-refractivity contribution is 7.20. The van der Waals surface area contributed by atoms with Gasteiger partial charge in [0, 0.05) is 30.0 Å². The molecule has 0 bridgehead atoms. The van der Waals surface area contributed by atoms with Gasteiger partial charge in [0.1, 0.15) is 5.01 Å². The number of halogens is 1. The second kappa shape index (κ2) is 9.82. The van der Waals surface area contributed by atoms with Crippen LogP contribution in [0, 0.1) is 0 Å². The molecule has 0 aliphatic carbocycles. The van der Waals surface area contributed by atoms with Crippen molar-refractivity contribution in [1.29, 1.82) is 0 Å². The molecule has 2 aromatic heterocycles. The maximum Gasteiger partial charge on any atom is 0.226 e. The summed E-state index contributed by atoms with van der Waals surface area (Å²) in [7, 11) is 0. The van der Waals surface area contributed by atoms with E-state index in [1.807, 2.05) is 47.2 Å². The summed E-state index contributed by atoms with van der Waals surface area (Å²) in [5, 5.41) is 8.76. The van der Waals surface area contributed by atoms with Gasteiger partial charge in [0.2, 0.25) is 5.91 Å². The Morgan fingerprint density at radius 1 is 1.21 bits per heavy atom. The summed E-state index contributed by atoms with van der Waals surface area (Å²) in [6.45, 7) is 3.53. The summed E-state index contributed by atoms with van der Waals surface area (Å²) in [5.41, 5.74) is 1.83. The minimum atomic E-state index is -0.0293. The van der Waals surface area contributed by atoms with Gasteiger partial charge in [0.05, 0.1) is 36.2 Å². The average Bonchev–Trinajstić information content (AvgIpc) is 3.42. The van der Waals surface area contributed by atoms with Crippen LogP contribution in [-0.2, 0) is 16.0 Å². The highest BCUT2D eigenvalue weighted by atomic mass is 35.5. The Bertz CT molecular complexity index is 939. The van der Waals surface area contributed by atoms with Crippen LogP contribution in [0.25, 0.3) is 9.88 Å². The van der Waals surface area contributed by atoms with E-state index in [4.69, 9.17) is 16.3 Å². The molecule has 1 N–H and O–H groups in total. The lowest BCUT2D eigenvalue weighted by Gasteiger charge is -2.35. The van der Waals surface area contributed by atoms with E-state index in [9.17, 15) is 4.79 Å². The molecule has 152 valence electrons. The third kappa shape index (κ3) is 5.24. The van der Waals surface area contributed by atoms with Gasteiger partial charge >= 0.3 is 0 Å². The number of morpholine rings is 1. The highest BCUT2D eigenvalue weighted by Gasteiger charge is 2.25. The van der Waals surface area contributed by atoms with Gasteiger partial charge in [-0.1, -0.05) is 35.9 Å². The van der Waals surface area contributed by atoms with Gasteiger partial charge < -0.3 is 10.1 Å². The molecule has 1 aliphatic rings. The number of nitrogens with one attached hydrogen (secondary N) is 1. The Hall–Kier alpha value is -1.77. The number of hydrogen-bond donors (Lipinski definition) is 1. The maximum atomic E-state index is 12.6. The summed E-state index contributed by atoms with van der Waals surface area (Å²) in [6.07, 6.45) is 0.278. The first kappa shape index (κ1) is 20.5. The largest absolute Gasteiger partial charge is 0.379 e. The smallest absolute Gasteiger partial charge is 0.226 e. The Morgan fingerprint density at radius 3 is 2.79 bits per heavy atom. The number of aromatic nitrogens is 1. The van der Waals surface area contributed by atoms with E-state index >= 15 is 0 Å². The number of carbonyl (C=O) groups excluding carboxylic acids is 1. The molecule has 0 radical (unpaired) electrons. The number of hydrogen-bond acceptors (Lipinski definition) is 6. The summed E-state index contributed by atoms with van der Waals surface area (Å²) >= 11 is 9.69. The van der Waals surface area contributed by atoms with Gasteiger partial charge in [-0.05, 0) is 23.1 Å². The van der Waals surface area contributed by atoms with Gasteiger partial charge in [0.15, 0.2) is 0 Å². The van der Waals surface area contributed by atoms with E-state index in [0.717, 1.165) is 39.3 Å². The summed E-state index contributed by atoms with van der Waals surface area (Å²) in [6, 6.07) is 11.9. The van der Waals surface area contributed by atoms with E-state index < -0.39 is 0 Å². The van der Waals surface area contributed by atoms with E-state index in [1.165, 1.54) is 0 Å². The first-order valence-electron chi connectivity index (χ1n) is 9.52. The predicted octanol–water partition coefficient (Wildman–Crippen LogP) is 4.26. The molecule has 0 saturated carbocycles. The number of thiophene rings is 1. The number of nitrogens with zero attached hydrogens (tertiary/aromatic N) is 2. The van der Waals surface area contributed by atoms with Crippen molar-refractivity contribution in [1.82, 2.24) is 15.2 Å². The number of thiazole rings is 1. The van der Waals surface area contributed by atoms with Crippen molar-refractivity contribution in [2.45, 2.75) is 12.5 Å². The fourth-order valence-corrected chi connectivity index (χ4v) is 5.30. The molecule has 4 rings (SSSR count). The Morgan fingerprint density at radius 2 is 2.03 bits per heavy atom. The Labute approximate surface area is 183 Å². The van der Waals surface area contributed by atoms with Crippen molar-refractivity contribution in [3.8, 4) is 9.88 Å². The van der Waals surface area contributed by atoms with E-state index in [0.29, 0.717) is 19.8 Å². The van der Waals surface area contributed by atoms with Crippen molar-refractivity contribution in [3.63, 3.8) is 0 Å². The predicted molar refractivity (Wildman–Crippen MR) is 119 cm³/mol. The lowest BCUT2D eigenvalue weighted by Crippen LogP contribution is -2.44. The normalized spacial score (nSPS) is 15.9.